The molecule has 0 radical (unpaired) electrons. The monoisotopic (exact) mass is 289 g/mol. The Kier molecular flexibility index (Phi) is 5.10. The molecule has 0 aromatic heterocycles. The number of nitrogens with two attached hydrogens (primary N) is 1. The molecule has 1 nitrogen and oxygen atoms in total. The van der Waals surface area contributed by atoms with Crippen molar-refractivity contribution < 1.29 is 0 Å². The predicted octanol–water partition coefficient (Wildman–Crippen LogP) is 4.54. The maximum absolute atomic E-state index is 6.21. The maximum Gasteiger partial charge on any atom is 0.0595 e. The van der Waals surface area contributed by atoms with Crippen molar-refractivity contribution in [3.05, 3.63) is 33.3 Å². The molecule has 0 aliphatic heterocycles. The summed E-state index contributed by atoms with van der Waals surface area (Å²) in [5.41, 5.74) is 7.22. The third-order valence-corrected chi connectivity index (χ3v) is 4.01. The van der Waals surface area contributed by atoms with Crippen LogP contribution in [0.3, 0.4) is 0 Å². The van der Waals surface area contributed by atoms with Gasteiger partial charge in [-0.15, -0.1) is 0 Å². The van der Waals surface area contributed by atoms with Gasteiger partial charge in [0, 0.05) is 10.5 Å². The minimum atomic E-state index is 0.0231. The standard InChI is InChI=1S/C12H17BrClN/c1-3-5-8(2)12(15)9-6-4-7-10(13)11(9)14/h4,6-8,12H,3,5,15H2,1-2H3. The van der Waals surface area contributed by atoms with E-state index >= 15 is 0 Å². The van der Waals surface area contributed by atoms with Crippen LogP contribution in [-0.4, -0.2) is 0 Å². The number of benzene rings is 1. The molecule has 84 valence electrons. The van der Waals surface area contributed by atoms with E-state index in [-0.39, 0.29) is 6.04 Å². The van der Waals surface area contributed by atoms with E-state index in [0.717, 1.165) is 27.9 Å². The van der Waals surface area contributed by atoms with Gasteiger partial charge >= 0.3 is 0 Å². The van der Waals surface area contributed by atoms with Crippen LogP contribution in [0, 0.1) is 5.92 Å². The van der Waals surface area contributed by atoms with Crippen molar-refractivity contribution in [1.29, 1.82) is 0 Å². The van der Waals surface area contributed by atoms with Crippen molar-refractivity contribution in [3.63, 3.8) is 0 Å². The Balaban J connectivity index is 2.90. The SMILES string of the molecule is CCCC(C)C(N)c1cccc(Br)c1Cl. The molecule has 0 bridgehead atoms. The summed E-state index contributed by atoms with van der Waals surface area (Å²) in [6, 6.07) is 5.94. The topological polar surface area (TPSA) is 26.0 Å². The Hall–Kier alpha value is -0.0500. The molecule has 0 heterocycles. The normalized spacial score (nSPS) is 15.0. The fourth-order valence-electron chi connectivity index (χ4n) is 1.72. The number of hydrogen-bond acceptors (Lipinski definition) is 1. The molecule has 2 unspecified atom stereocenters. The van der Waals surface area contributed by atoms with Crippen LogP contribution in [0.2, 0.25) is 5.02 Å². The van der Waals surface area contributed by atoms with Crippen molar-refractivity contribution in [2.75, 3.05) is 0 Å². The molecule has 2 atom stereocenters. The molecule has 2 N–H and O–H groups in total. The highest BCUT2D eigenvalue weighted by atomic mass is 79.9. The van der Waals surface area contributed by atoms with Gasteiger partial charge in [0.2, 0.25) is 0 Å². The molecule has 1 aromatic carbocycles. The average Bonchev–Trinajstić information content (AvgIpc) is 2.21. The summed E-state index contributed by atoms with van der Waals surface area (Å²) in [4.78, 5) is 0. The van der Waals surface area contributed by atoms with Crippen LogP contribution in [0.4, 0.5) is 0 Å². The van der Waals surface area contributed by atoms with Crippen LogP contribution in [-0.2, 0) is 0 Å². The predicted molar refractivity (Wildman–Crippen MR) is 70.2 cm³/mol. The van der Waals surface area contributed by atoms with Gasteiger partial charge in [-0.2, -0.15) is 0 Å². The van der Waals surface area contributed by atoms with E-state index in [2.05, 4.69) is 29.8 Å². The van der Waals surface area contributed by atoms with E-state index in [0.29, 0.717) is 5.92 Å². The van der Waals surface area contributed by atoms with Crippen molar-refractivity contribution >= 4 is 27.5 Å². The first-order chi connectivity index (χ1) is 7.07. The number of halogens is 2. The van der Waals surface area contributed by atoms with Gasteiger partial charge in [0.1, 0.15) is 0 Å². The maximum atomic E-state index is 6.21. The minimum Gasteiger partial charge on any atom is -0.324 e. The van der Waals surface area contributed by atoms with E-state index in [1.54, 1.807) is 0 Å². The molecule has 0 amide bonds. The van der Waals surface area contributed by atoms with Crippen LogP contribution in [0.5, 0.6) is 0 Å². The van der Waals surface area contributed by atoms with Crippen molar-refractivity contribution in [2.24, 2.45) is 11.7 Å². The van der Waals surface area contributed by atoms with Crippen LogP contribution >= 0.6 is 27.5 Å². The second-order valence-corrected chi connectivity index (χ2v) is 5.17. The molecule has 0 saturated carbocycles. The first-order valence-electron chi connectivity index (χ1n) is 5.27. The van der Waals surface area contributed by atoms with Crippen LogP contribution in [0.15, 0.2) is 22.7 Å². The Bertz CT molecular complexity index is 327. The summed E-state index contributed by atoms with van der Waals surface area (Å²) in [6.07, 6.45) is 2.28. The van der Waals surface area contributed by atoms with Crippen LogP contribution < -0.4 is 5.73 Å². The smallest absolute Gasteiger partial charge is 0.0595 e. The molecule has 0 aliphatic rings. The van der Waals surface area contributed by atoms with Crippen LogP contribution in [0.1, 0.15) is 38.3 Å². The first kappa shape index (κ1) is 13.0. The second kappa shape index (κ2) is 5.88. The van der Waals surface area contributed by atoms with Crippen molar-refractivity contribution in [2.45, 2.75) is 32.7 Å². The molecule has 0 spiro atoms. The number of rotatable bonds is 4. The van der Waals surface area contributed by atoms with Gasteiger partial charge in [0.15, 0.2) is 0 Å². The summed E-state index contributed by atoms with van der Waals surface area (Å²) < 4.78 is 0.917. The van der Waals surface area contributed by atoms with Gasteiger partial charge in [0.05, 0.1) is 5.02 Å². The fraction of sp³-hybridized carbons (Fsp3) is 0.500. The molecule has 0 fully saturated rings. The van der Waals surface area contributed by atoms with E-state index < -0.39 is 0 Å². The molecule has 1 aromatic rings. The van der Waals surface area contributed by atoms with Gasteiger partial charge in [-0.1, -0.05) is 44.0 Å². The van der Waals surface area contributed by atoms with Gasteiger partial charge in [-0.25, -0.2) is 0 Å². The lowest BCUT2D eigenvalue weighted by Gasteiger charge is -2.21. The Labute approximate surface area is 105 Å². The highest BCUT2D eigenvalue weighted by Crippen LogP contribution is 2.33. The van der Waals surface area contributed by atoms with E-state index in [1.807, 2.05) is 18.2 Å². The fourth-order valence-corrected chi connectivity index (χ4v) is 2.35. The molecule has 15 heavy (non-hydrogen) atoms. The van der Waals surface area contributed by atoms with Gasteiger partial charge < -0.3 is 5.73 Å². The van der Waals surface area contributed by atoms with Crippen molar-refractivity contribution in [1.82, 2.24) is 0 Å². The summed E-state index contributed by atoms with van der Waals surface area (Å²) in [5, 5.41) is 0.743. The Morgan fingerprint density at radius 3 is 2.73 bits per heavy atom. The lowest BCUT2D eigenvalue weighted by atomic mass is 9.92. The summed E-state index contributed by atoms with van der Waals surface area (Å²) in [7, 11) is 0. The molecule has 0 saturated heterocycles. The van der Waals surface area contributed by atoms with Crippen molar-refractivity contribution in [3.8, 4) is 0 Å². The third-order valence-electron chi connectivity index (χ3n) is 2.70. The molecule has 3 heteroatoms. The van der Waals surface area contributed by atoms with E-state index in [4.69, 9.17) is 17.3 Å². The minimum absolute atomic E-state index is 0.0231. The zero-order valence-corrected chi connectivity index (χ0v) is 11.5. The molecular weight excluding hydrogens is 273 g/mol. The van der Waals surface area contributed by atoms with Gasteiger partial charge in [-0.05, 0) is 39.9 Å². The zero-order valence-electron chi connectivity index (χ0n) is 9.13. The third kappa shape index (κ3) is 3.20. The zero-order chi connectivity index (χ0) is 11.4. The molecule has 0 aliphatic carbocycles. The average molecular weight is 291 g/mol. The largest absolute Gasteiger partial charge is 0.324 e. The lowest BCUT2D eigenvalue weighted by Crippen LogP contribution is -2.19. The highest BCUT2D eigenvalue weighted by Gasteiger charge is 2.17. The van der Waals surface area contributed by atoms with E-state index in [1.165, 1.54) is 0 Å². The quantitative estimate of drug-likeness (QED) is 0.865. The second-order valence-electron chi connectivity index (χ2n) is 3.93. The summed E-state index contributed by atoms with van der Waals surface area (Å²) in [6.45, 7) is 4.34. The number of hydrogen-bond donors (Lipinski definition) is 1. The summed E-state index contributed by atoms with van der Waals surface area (Å²) >= 11 is 9.62. The Morgan fingerprint density at radius 2 is 2.13 bits per heavy atom. The molecule has 1 rings (SSSR count). The Morgan fingerprint density at radius 1 is 1.47 bits per heavy atom. The van der Waals surface area contributed by atoms with Gasteiger partial charge in [-0.3, -0.25) is 0 Å². The van der Waals surface area contributed by atoms with Crippen LogP contribution in [0.25, 0.3) is 0 Å². The molecular formula is C12H17BrClN. The first-order valence-corrected chi connectivity index (χ1v) is 6.44. The van der Waals surface area contributed by atoms with E-state index in [9.17, 15) is 0 Å². The highest BCUT2D eigenvalue weighted by molar-refractivity contribution is 9.10. The summed E-state index contributed by atoms with van der Waals surface area (Å²) in [5.74, 6) is 0.460. The van der Waals surface area contributed by atoms with Gasteiger partial charge in [0.25, 0.3) is 0 Å². The lowest BCUT2D eigenvalue weighted by molar-refractivity contribution is 0.434.